The zero-order chi connectivity index (χ0) is 19.2. The van der Waals surface area contributed by atoms with Crippen molar-refractivity contribution in [3.05, 3.63) is 40.6 Å². The number of nitrogens with one attached hydrogen (secondary N) is 2. The first-order chi connectivity index (χ1) is 12.8. The maximum Gasteiger partial charge on any atom is 1.00 e. The van der Waals surface area contributed by atoms with Crippen molar-refractivity contribution in [2.24, 2.45) is 0 Å². The summed E-state index contributed by atoms with van der Waals surface area (Å²) in [7, 11) is -4.01. The van der Waals surface area contributed by atoms with Crippen LogP contribution in [0.2, 0.25) is 0 Å². The summed E-state index contributed by atoms with van der Waals surface area (Å²) in [5.41, 5.74) is 5.70. The van der Waals surface area contributed by atoms with Gasteiger partial charge >= 0.3 is 35.6 Å². The van der Waals surface area contributed by atoms with E-state index in [1.54, 1.807) is 10.9 Å². The van der Waals surface area contributed by atoms with E-state index >= 15 is 0 Å². The molecule has 9 heteroatoms. The molecule has 28 heavy (non-hydrogen) atoms. The first kappa shape index (κ1) is 21.4. The molecule has 1 aromatic carbocycles. The molecule has 0 atom stereocenters. The summed E-state index contributed by atoms with van der Waals surface area (Å²) < 4.78 is 28.6. The molecule has 0 saturated heterocycles. The van der Waals surface area contributed by atoms with E-state index in [0.29, 0.717) is 0 Å². The maximum atomic E-state index is 12.5. The monoisotopic (exact) mass is 412 g/mol. The Kier molecular flexibility index (Phi) is 6.24. The summed E-state index contributed by atoms with van der Waals surface area (Å²) in [5.74, 6) is 0. The van der Waals surface area contributed by atoms with Gasteiger partial charge in [-0.2, -0.15) is 13.5 Å². The Labute approximate surface area is 189 Å². The number of hydrogen-bond acceptors (Lipinski definition) is 4. The molecular weight excluding hydrogens is 387 g/mol. The van der Waals surface area contributed by atoms with E-state index in [1.165, 1.54) is 17.2 Å². The largest absolute Gasteiger partial charge is 1.00 e. The van der Waals surface area contributed by atoms with Crippen LogP contribution in [-0.4, -0.2) is 24.2 Å². The number of nitrogens with zero attached hydrogens (tertiary/aromatic N) is 2. The van der Waals surface area contributed by atoms with Crippen molar-refractivity contribution in [2.75, 3.05) is 5.32 Å². The van der Waals surface area contributed by atoms with Crippen LogP contribution in [0.5, 0.6) is 0 Å². The second-order valence-corrected chi connectivity index (χ2v) is 9.15. The van der Waals surface area contributed by atoms with Crippen molar-refractivity contribution in [1.82, 2.24) is 14.5 Å². The van der Waals surface area contributed by atoms with Crippen LogP contribution in [0.3, 0.4) is 0 Å². The quantitative estimate of drug-likeness (QED) is 0.695. The van der Waals surface area contributed by atoms with Gasteiger partial charge in [-0.3, -0.25) is 4.68 Å². The van der Waals surface area contributed by atoms with Crippen molar-refractivity contribution >= 4 is 21.7 Å². The van der Waals surface area contributed by atoms with Gasteiger partial charge in [-0.1, -0.05) is 6.07 Å². The number of anilines is 1. The molecule has 2 aliphatic carbocycles. The molecule has 0 unspecified atom stereocenters. The van der Waals surface area contributed by atoms with E-state index in [4.69, 9.17) is 0 Å². The number of carbonyl (C=O) groups excluding carboxylic acids is 1. The maximum absolute atomic E-state index is 12.5. The third-order valence-corrected chi connectivity index (χ3v) is 6.55. The van der Waals surface area contributed by atoms with Crippen LogP contribution in [0.25, 0.3) is 0 Å². The van der Waals surface area contributed by atoms with Gasteiger partial charge in [0, 0.05) is 17.9 Å². The fraction of sp³-hybridized carbons (Fsp3) is 0.474. The number of rotatable bonds is 4. The van der Waals surface area contributed by atoms with Crippen molar-refractivity contribution < 1.29 is 44.2 Å². The Morgan fingerprint density at radius 2 is 1.75 bits per heavy atom. The van der Waals surface area contributed by atoms with Crippen molar-refractivity contribution in [1.29, 1.82) is 0 Å². The number of benzene rings is 1. The SMILES string of the molecule is CC(C)n1ccc(S(=O)(=O)NC(=O)Nc2c3c(cc4c2CCC4)CCC3)n1.[H-].[Na+]. The second-order valence-electron chi connectivity index (χ2n) is 7.52. The summed E-state index contributed by atoms with van der Waals surface area (Å²) in [6.45, 7) is 3.81. The topological polar surface area (TPSA) is 93.1 Å². The molecule has 0 fully saturated rings. The van der Waals surface area contributed by atoms with Gasteiger partial charge in [0.05, 0.1) is 0 Å². The van der Waals surface area contributed by atoms with Crippen molar-refractivity contribution in [3.8, 4) is 0 Å². The van der Waals surface area contributed by atoms with Gasteiger partial charge in [0.15, 0.2) is 5.03 Å². The first-order valence-electron chi connectivity index (χ1n) is 9.40. The summed E-state index contributed by atoms with van der Waals surface area (Å²) in [5, 5.41) is 6.72. The van der Waals surface area contributed by atoms with E-state index in [1.807, 2.05) is 13.8 Å². The average Bonchev–Trinajstić information content (AvgIpc) is 3.34. The molecule has 2 aliphatic rings. The smallest absolute Gasteiger partial charge is 1.00 e. The molecule has 0 spiro atoms. The van der Waals surface area contributed by atoms with Gasteiger partial charge in [0.2, 0.25) is 0 Å². The normalized spacial score (nSPS) is 15.1. The summed E-state index contributed by atoms with van der Waals surface area (Å²) in [6, 6.07) is 2.97. The number of fused-ring (bicyclic) bond motifs is 2. The number of sulfonamides is 1. The van der Waals surface area contributed by atoms with E-state index in [9.17, 15) is 13.2 Å². The Bertz CT molecular complexity index is 988. The minimum atomic E-state index is -4.01. The van der Waals surface area contributed by atoms with Gasteiger partial charge < -0.3 is 6.74 Å². The standard InChI is InChI=1S/C19H24N4O3S.Na.H/c1-12(2)23-10-9-17(21-23)27(25,26)22-19(24)20-18-15-7-3-5-13(15)11-14-6-4-8-16(14)18;;/h9-12H,3-8H2,1-2H3,(H2,20,22,24);;/q;+1;-1. The van der Waals surface area contributed by atoms with Gasteiger partial charge in [0.25, 0.3) is 10.0 Å². The first-order valence-corrected chi connectivity index (χ1v) is 10.9. The third kappa shape index (κ3) is 4.01. The number of urea groups is 1. The minimum Gasteiger partial charge on any atom is -1.00 e. The predicted molar refractivity (Wildman–Crippen MR) is 104 cm³/mol. The Morgan fingerprint density at radius 1 is 1.14 bits per heavy atom. The van der Waals surface area contributed by atoms with Crippen molar-refractivity contribution in [3.63, 3.8) is 0 Å². The molecule has 0 bridgehead atoms. The van der Waals surface area contributed by atoms with E-state index < -0.39 is 16.1 Å². The zero-order valence-corrected chi connectivity index (χ0v) is 19.4. The molecule has 0 radical (unpaired) electrons. The molecule has 7 nitrogen and oxygen atoms in total. The van der Waals surface area contributed by atoms with Crippen LogP contribution < -0.4 is 39.6 Å². The Balaban J connectivity index is 0.00000150. The molecule has 1 heterocycles. The van der Waals surface area contributed by atoms with Crippen LogP contribution >= 0.6 is 0 Å². The molecule has 146 valence electrons. The molecule has 0 aliphatic heterocycles. The van der Waals surface area contributed by atoms with Crippen LogP contribution in [0.1, 0.15) is 56.4 Å². The van der Waals surface area contributed by atoms with Gasteiger partial charge in [0.1, 0.15) is 0 Å². The second kappa shape index (κ2) is 8.18. The number of aromatic nitrogens is 2. The third-order valence-electron chi connectivity index (χ3n) is 5.33. The van der Waals surface area contributed by atoms with Gasteiger partial charge in [-0.25, -0.2) is 9.52 Å². The summed E-state index contributed by atoms with van der Waals surface area (Å²) >= 11 is 0. The Hall–Kier alpha value is -1.35. The summed E-state index contributed by atoms with van der Waals surface area (Å²) in [6.07, 6.45) is 7.61. The zero-order valence-electron chi connectivity index (χ0n) is 17.6. The van der Waals surface area contributed by atoms with Crippen LogP contribution in [0.4, 0.5) is 10.5 Å². The number of hydrogen-bond donors (Lipinski definition) is 2. The summed E-state index contributed by atoms with van der Waals surface area (Å²) in [4.78, 5) is 12.5. The van der Waals surface area contributed by atoms with Crippen LogP contribution in [-0.2, 0) is 35.7 Å². The molecule has 2 aromatic rings. The van der Waals surface area contributed by atoms with Gasteiger partial charge in [-0.05, 0) is 80.7 Å². The predicted octanol–water partition coefficient (Wildman–Crippen LogP) is 0.0683. The number of carbonyl (C=O) groups is 1. The minimum absolute atomic E-state index is 0. The Morgan fingerprint density at radius 3 is 2.29 bits per heavy atom. The van der Waals surface area contributed by atoms with Gasteiger partial charge in [-0.15, -0.1) is 0 Å². The molecular formula is C19H25N4NaO3S. The molecule has 1 aromatic heterocycles. The average molecular weight is 412 g/mol. The van der Waals surface area contributed by atoms with Crippen molar-refractivity contribution in [2.45, 2.75) is 63.4 Å². The van der Waals surface area contributed by atoms with E-state index in [0.717, 1.165) is 55.3 Å². The molecule has 0 saturated carbocycles. The number of amides is 2. The van der Waals surface area contributed by atoms with Crippen LogP contribution in [0, 0.1) is 0 Å². The van der Waals surface area contributed by atoms with Crippen LogP contribution in [0.15, 0.2) is 23.4 Å². The fourth-order valence-electron chi connectivity index (χ4n) is 4.03. The number of aryl methyl sites for hydroxylation is 2. The van der Waals surface area contributed by atoms with E-state index in [-0.39, 0.29) is 42.1 Å². The van der Waals surface area contributed by atoms with E-state index in [2.05, 4.69) is 21.2 Å². The fourth-order valence-corrected chi connectivity index (χ4v) is 4.87. The molecule has 2 N–H and O–H groups in total. The molecule has 2 amide bonds. The molecule has 4 rings (SSSR count).